The number of rotatable bonds is 7. The van der Waals surface area contributed by atoms with Crippen molar-refractivity contribution in [1.82, 2.24) is 5.32 Å². The monoisotopic (exact) mass is 369 g/mol. The van der Waals surface area contributed by atoms with Crippen LogP contribution in [-0.2, 0) is 11.2 Å². The molecule has 0 spiro atoms. The quantitative estimate of drug-likeness (QED) is 0.780. The Labute approximate surface area is 160 Å². The van der Waals surface area contributed by atoms with Crippen LogP contribution in [0.5, 0.6) is 11.5 Å². The molecule has 0 aromatic heterocycles. The van der Waals surface area contributed by atoms with Crippen molar-refractivity contribution in [2.24, 2.45) is 5.73 Å². The van der Waals surface area contributed by atoms with E-state index in [2.05, 4.69) is 10.2 Å². The van der Waals surface area contributed by atoms with Gasteiger partial charge in [-0.2, -0.15) is 0 Å². The van der Waals surface area contributed by atoms with Gasteiger partial charge in [-0.25, -0.2) is 0 Å². The molecule has 27 heavy (non-hydrogen) atoms. The van der Waals surface area contributed by atoms with Gasteiger partial charge in [0.05, 0.1) is 20.3 Å². The number of hydrogen-bond donors (Lipinski definition) is 2. The van der Waals surface area contributed by atoms with E-state index in [0.29, 0.717) is 6.42 Å². The highest BCUT2D eigenvalue weighted by Gasteiger charge is 2.26. The Morgan fingerprint density at radius 2 is 1.85 bits per heavy atom. The summed E-state index contributed by atoms with van der Waals surface area (Å²) in [5.74, 6) is 1.40. The maximum absolute atomic E-state index is 12.5. The van der Waals surface area contributed by atoms with E-state index in [1.165, 1.54) is 0 Å². The zero-order chi connectivity index (χ0) is 19.2. The molecule has 1 fully saturated rings. The van der Waals surface area contributed by atoms with Gasteiger partial charge in [-0.05, 0) is 18.4 Å². The Bertz CT molecular complexity index is 744. The van der Waals surface area contributed by atoms with Gasteiger partial charge < -0.3 is 25.4 Å². The average Bonchev–Trinajstić information content (AvgIpc) is 3.16. The molecule has 1 aliphatic heterocycles. The van der Waals surface area contributed by atoms with Gasteiger partial charge >= 0.3 is 0 Å². The Kier molecular flexibility index (Phi) is 6.19. The van der Waals surface area contributed by atoms with E-state index in [-0.39, 0.29) is 11.9 Å². The molecule has 1 heterocycles. The number of methoxy groups -OCH3 is 2. The summed E-state index contributed by atoms with van der Waals surface area (Å²) >= 11 is 0. The molecule has 6 heteroatoms. The molecule has 2 aromatic carbocycles. The predicted octanol–water partition coefficient (Wildman–Crippen LogP) is 1.97. The molecule has 2 aromatic rings. The van der Waals surface area contributed by atoms with Crippen molar-refractivity contribution in [2.75, 3.05) is 32.2 Å². The standard InChI is InChI=1S/C21H27N3O3/c1-26-18-11-17(12-19(13-18)27-2)24-9-8-16(14-24)23-21(25)20(22)10-15-6-4-3-5-7-15/h3-7,11-13,16,20H,8-10,14,22H2,1-2H3,(H,23,25). The number of ether oxygens (including phenoxy) is 2. The third-order valence-electron chi connectivity index (χ3n) is 4.87. The number of carbonyl (C=O) groups is 1. The minimum absolute atomic E-state index is 0.0801. The van der Waals surface area contributed by atoms with Crippen LogP contribution in [-0.4, -0.2) is 45.3 Å². The molecule has 1 amide bonds. The fourth-order valence-electron chi connectivity index (χ4n) is 3.36. The molecule has 3 N–H and O–H groups in total. The fraction of sp³-hybridized carbons (Fsp3) is 0.381. The molecule has 144 valence electrons. The number of nitrogens with two attached hydrogens (primary N) is 1. The van der Waals surface area contributed by atoms with E-state index < -0.39 is 6.04 Å². The van der Waals surface area contributed by atoms with Gasteiger partial charge in [0, 0.05) is 43.0 Å². The number of benzene rings is 2. The number of nitrogens with one attached hydrogen (secondary N) is 1. The van der Waals surface area contributed by atoms with Crippen molar-refractivity contribution in [3.05, 3.63) is 54.1 Å². The van der Waals surface area contributed by atoms with Crippen molar-refractivity contribution in [2.45, 2.75) is 24.9 Å². The topological polar surface area (TPSA) is 76.8 Å². The first-order valence-corrected chi connectivity index (χ1v) is 9.17. The third-order valence-corrected chi connectivity index (χ3v) is 4.87. The SMILES string of the molecule is COc1cc(OC)cc(N2CCC(NC(=O)C(N)Cc3ccccc3)C2)c1. The number of carbonyl (C=O) groups excluding carboxylic acids is 1. The van der Waals surface area contributed by atoms with Crippen LogP contribution in [0.3, 0.4) is 0 Å². The normalized spacial score (nSPS) is 17.4. The summed E-state index contributed by atoms with van der Waals surface area (Å²) in [6.45, 7) is 1.59. The smallest absolute Gasteiger partial charge is 0.237 e. The first kappa shape index (κ1) is 19.0. The highest BCUT2D eigenvalue weighted by Crippen LogP contribution is 2.30. The second kappa shape index (κ2) is 8.77. The lowest BCUT2D eigenvalue weighted by Gasteiger charge is -2.21. The summed E-state index contributed by atoms with van der Waals surface area (Å²) in [6.07, 6.45) is 1.42. The van der Waals surface area contributed by atoms with Gasteiger partial charge in [-0.15, -0.1) is 0 Å². The minimum Gasteiger partial charge on any atom is -0.497 e. The second-order valence-electron chi connectivity index (χ2n) is 6.81. The highest BCUT2D eigenvalue weighted by molar-refractivity contribution is 5.82. The van der Waals surface area contributed by atoms with E-state index >= 15 is 0 Å². The van der Waals surface area contributed by atoms with E-state index in [9.17, 15) is 4.79 Å². The third kappa shape index (κ3) is 4.92. The number of hydrogen-bond acceptors (Lipinski definition) is 5. The summed E-state index contributed by atoms with van der Waals surface area (Å²) in [5, 5.41) is 3.09. The van der Waals surface area contributed by atoms with Crippen molar-refractivity contribution in [3.8, 4) is 11.5 Å². The molecule has 6 nitrogen and oxygen atoms in total. The van der Waals surface area contributed by atoms with E-state index in [4.69, 9.17) is 15.2 Å². The first-order valence-electron chi connectivity index (χ1n) is 9.17. The van der Waals surface area contributed by atoms with Crippen LogP contribution in [0.1, 0.15) is 12.0 Å². The molecule has 0 bridgehead atoms. The first-order chi connectivity index (χ1) is 13.1. The summed E-state index contributed by atoms with van der Waals surface area (Å²) in [4.78, 5) is 14.7. The largest absolute Gasteiger partial charge is 0.497 e. The number of nitrogens with zero attached hydrogens (tertiary/aromatic N) is 1. The van der Waals surface area contributed by atoms with Crippen LogP contribution in [0.2, 0.25) is 0 Å². The van der Waals surface area contributed by atoms with Gasteiger partial charge in [0.2, 0.25) is 5.91 Å². The lowest BCUT2D eigenvalue weighted by atomic mass is 10.1. The van der Waals surface area contributed by atoms with Gasteiger partial charge in [0.1, 0.15) is 11.5 Å². The van der Waals surface area contributed by atoms with Crippen molar-refractivity contribution in [3.63, 3.8) is 0 Å². The number of anilines is 1. The van der Waals surface area contributed by atoms with Gasteiger partial charge in [0.25, 0.3) is 0 Å². The summed E-state index contributed by atoms with van der Waals surface area (Å²) in [6, 6.07) is 15.2. The van der Waals surface area contributed by atoms with Crippen LogP contribution in [0.4, 0.5) is 5.69 Å². The second-order valence-corrected chi connectivity index (χ2v) is 6.81. The molecular formula is C21H27N3O3. The molecule has 1 saturated heterocycles. The lowest BCUT2D eigenvalue weighted by Crippen LogP contribution is -2.47. The van der Waals surface area contributed by atoms with Crippen molar-refractivity contribution >= 4 is 11.6 Å². The van der Waals surface area contributed by atoms with Crippen molar-refractivity contribution in [1.29, 1.82) is 0 Å². The molecule has 0 aliphatic carbocycles. The molecule has 2 atom stereocenters. The van der Waals surface area contributed by atoms with Crippen LogP contribution in [0.25, 0.3) is 0 Å². The van der Waals surface area contributed by atoms with Gasteiger partial charge in [-0.3, -0.25) is 4.79 Å². The van der Waals surface area contributed by atoms with Crippen molar-refractivity contribution < 1.29 is 14.3 Å². The van der Waals surface area contributed by atoms with E-state index in [1.807, 2.05) is 48.5 Å². The van der Waals surface area contributed by atoms with Crippen LogP contribution < -0.4 is 25.4 Å². The number of amides is 1. The summed E-state index contributed by atoms with van der Waals surface area (Å²) in [5.41, 5.74) is 8.18. The molecular weight excluding hydrogens is 342 g/mol. The fourth-order valence-corrected chi connectivity index (χ4v) is 3.36. The average molecular weight is 369 g/mol. The Balaban J connectivity index is 1.57. The van der Waals surface area contributed by atoms with Gasteiger partial charge in [-0.1, -0.05) is 30.3 Å². The maximum Gasteiger partial charge on any atom is 0.237 e. The molecule has 1 aliphatic rings. The minimum atomic E-state index is -0.543. The Hall–Kier alpha value is -2.73. The lowest BCUT2D eigenvalue weighted by molar-refractivity contribution is -0.122. The maximum atomic E-state index is 12.5. The molecule has 3 rings (SSSR count). The Morgan fingerprint density at radius 1 is 1.19 bits per heavy atom. The van der Waals surface area contributed by atoms with Gasteiger partial charge in [0.15, 0.2) is 0 Å². The zero-order valence-electron chi connectivity index (χ0n) is 15.9. The van der Waals surface area contributed by atoms with E-state index in [0.717, 1.165) is 42.3 Å². The van der Waals surface area contributed by atoms with Crippen LogP contribution in [0, 0.1) is 0 Å². The summed E-state index contributed by atoms with van der Waals surface area (Å²) < 4.78 is 10.7. The summed E-state index contributed by atoms with van der Waals surface area (Å²) in [7, 11) is 3.28. The van der Waals surface area contributed by atoms with Crippen LogP contribution >= 0.6 is 0 Å². The zero-order valence-corrected chi connectivity index (χ0v) is 15.9. The molecule has 2 unspecified atom stereocenters. The Morgan fingerprint density at radius 3 is 2.48 bits per heavy atom. The highest BCUT2D eigenvalue weighted by atomic mass is 16.5. The molecule has 0 saturated carbocycles. The van der Waals surface area contributed by atoms with Crippen LogP contribution in [0.15, 0.2) is 48.5 Å². The van der Waals surface area contributed by atoms with E-state index in [1.54, 1.807) is 14.2 Å². The predicted molar refractivity (Wildman–Crippen MR) is 106 cm³/mol. The molecule has 0 radical (unpaired) electrons.